The SMILES string of the molecule is O=[N+]([O-])c1cccc(OC[C@@H](O)CN2CCN(c3nccs3)CC2)c1. The van der Waals surface area contributed by atoms with Crippen LogP contribution in [-0.2, 0) is 0 Å². The average molecular weight is 364 g/mol. The Morgan fingerprint density at radius 1 is 1.36 bits per heavy atom. The van der Waals surface area contributed by atoms with E-state index in [4.69, 9.17) is 4.74 Å². The summed E-state index contributed by atoms with van der Waals surface area (Å²) in [6.45, 7) is 4.09. The van der Waals surface area contributed by atoms with Crippen molar-refractivity contribution in [3.63, 3.8) is 0 Å². The summed E-state index contributed by atoms with van der Waals surface area (Å²) >= 11 is 1.63. The number of aliphatic hydroxyl groups excluding tert-OH is 1. The van der Waals surface area contributed by atoms with Gasteiger partial charge in [0.2, 0.25) is 0 Å². The maximum atomic E-state index is 10.8. The monoisotopic (exact) mass is 364 g/mol. The third-order valence-electron chi connectivity index (χ3n) is 4.00. The van der Waals surface area contributed by atoms with E-state index in [1.807, 2.05) is 5.38 Å². The lowest BCUT2D eigenvalue weighted by Gasteiger charge is -2.35. The Morgan fingerprint density at radius 3 is 2.84 bits per heavy atom. The molecule has 0 aliphatic carbocycles. The van der Waals surface area contributed by atoms with Gasteiger partial charge in [-0.3, -0.25) is 15.0 Å². The van der Waals surface area contributed by atoms with Crippen LogP contribution in [-0.4, -0.2) is 65.3 Å². The number of anilines is 1. The van der Waals surface area contributed by atoms with Crippen molar-refractivity contribution in [3.05, 3.63) is 46.0 Å². The Balaban J connectivity index is 1.42. The van der Waals surface area contributed by atoms with E-state index in [2.05, 4.69) is 14.8 Å². The molecule has 1 fully saturated rings. The fraction of sp³-hybridized carbons (Fsp3) is 0.438. The Kier molecular flexibility index (Phi) is 5.79. The van der Waals surface area contributed by atoms with Crippen molar-refractivity contribution in [1.29, 1.82) is 0 Å². The molecule has 1 aliphatic rings. The second-order valence-electron chi connectivity index (χ2n) is 5.82. The van der Waals surface area contributed by atoms with Gasteiger partial charge < -0.3 is 14.7 Å². The molecule has 0 saturated carbocycles. The predicted octanol–water partition coefficient (Wildman–Crippen LogP) is 1.61. The first-order chi connectivity index (χ1) is 12.1. The van der Waals surface area contributed by atoms with Gasteiger partial charge in [-0.15, -0.1) is 11.3 Å². The number of nitro groups is 1. The second kappa shape index (κ2) is 8.24. The summed E-state index contributed by atoms with van der Waals surface area (Å²) in [7, 11) is 0. The summed E-state index contributed by atoms with van der Waals surface area (Å²) in [6, 6.07) is 5.98. The molecule has 0 amide bonds. The molecule has 1 N–H and O–H groups in total. The maximum Gasteiger partial charge on any atom is 0.273 e. The van der Waals surface area contributed by atoms with Crippen molar-refractivity contribution < 1.29 is 14.8 Å². The summed E-state index contributed by atoms with van der Waals surface area (Å²) in [4.78, 5) is 19.0. The normalized spacial score (nSPS) is 16.6. The van der Waals surface area contributed by atoms with Gasteiger partial charge >= 0.3 is 0 Å². The predicted molar refractivity (Wildman–Crippen MR) is 95.4 cm³/mol. The summed E-state index contributed by atoms with van der Waals surface area (Å²) < 4.78 is 5.48. The van der Waals surface area contributed by atoms with E-state index < -0.39 is 11.0 Å². The molecule has 1 saturated heterocycles. The van der Waals surface area contributed by atoms with Crippen LogP contribution in [0.15, 0.2) is 35.8 Å². The highest BCUT2D eigenvalue weighted by atomic mass is 32.1. The van der Waals surface area contributed by atoms with Crippen molar-refractivity contribution >= 4 is 22.2 Å². The lowest BCUT2D eigenvalue weighted by Crippen LogP contribution is -2.49. The second-order valence-corrected chi connectivity index (χ2v) is 6.69. The number of ether oxygens (including phenoxy) is 1. The molecule has 1 atom stereocenters. The van der Waals surface area contributed by atoms with Crippen LogP contribution < -0.4 is 9.64 Å². The Labute approximate surface area is 149 Å². The quantitative estimate of drug-likeness (QED) is 0.589. The summed E-state index contributed by atoms with van der Waals surface area (Å²) in [6.07, 6.45) is 1.16. The van der Waals surface area contributed by atoms with Gasteiger partial charge in [-0.1, -0.05) is 6.07 Å². The van der Waals surface area contributed by atoms with Crippen LogP contribution in [0, 0.1) is 10.1 Å². The molecule has 9 heteroatoms. The number of aliphatic hydroxyl groups is 1. The standard InChI is InChI=1S/C16H20N4O4S/c21-14(12-24-15-3-1-2-13(10-15)20(22)23)11-18-5-7-19(8-6-18)16-17-4-9-25-16/h1-4,9-10,14,21H,5-8,11-12H2/t14-/m0/s1. The fourth-order valence-electron chi connectivity index (χ4n) is 2.72. The van der Waals surface area contributed by atoms with Crippen LogP contribution in [0.4, 0.5) is 10.8 Å². The van der Waals surface area contributed by atoms with Gasteiger partial charge in [0.15, 0.2) is 5.13 Å². The molecule has 0 spiro atoms. The zero-order valence-electron chi connectivity index (χ0n) is 13.7. The van der Waals surface area contributed by atoms with Gasteiger partial charge in [-0.2, -0.15) is 0 Å². The molecular weight excluding hydrogens is 344 g/mol. The minimum Gasteiger partial charge on any atom is -0.491 e. The number of thiazole rings is 1. The lowest BCUT2D eigenvalue weighted by atomic mass is 10.2. The van der Waals surface area contributed by atoms with Gasteiger partial charge in [0.05, 0.1) is 11.0 Å². The Hall–Kier alpha value is -2.23. The summed E-state index contributed by atoms with van der Waals surface area (Å²) in [5.41, 5.74) is -0.0229. The Bertz CT molecular complexity index is 689. The van der Waals surface area contributed by atoms with Crippen molar-refractivity contribution in [3.8, 4) is 5.75 Å². The van der Waals surface area contributed by atoms with Crippen LogP contribution in [0.1, 0.15) is 0 Å². The Morgan fingerprint density at radius 2 is 2.16 bits per heavy atom. The van der Waals surface area contributed by atoms with Crippen LogP contribution in [0.2, 0.25) is 0 Å². The molecule has 3 rings (SSSR count). The fourth-order valence-corrected chi connectivity index (χ4v) is 3.42. The molecule has 0 unspecified atom stereocenters. The molecule has 134 valence electrons. The van der Waals surface area contributed by atoms with Crippen molar-refractivity contribution in [1.82, 2.24) is 9.88 Å². The van der Waals surface area contributed by atoms with Crippen LogP contribution in [0.3, 0.4) is 0 Å². The minimum atomic E-state index is -0.648. The number of hydrogen-bond donors (Lipinski definition) is 1. The van der Waals surface area contributed by atoms with E-state index in [1.165, 1.54) is 12.1 Å². The molecule has 0 radical (unpaired) electrons. The van der Waals surface area contributed by atoms with Gasteiger partial charge in [-0.25, -0.2) is 4.98 Å². The van der Waals surface area contributed by atoms with Crippen LogP contribution in [0.25, 0.3) is 0 Å². The molecule has 2 aromatic rings. The summed E-state index contributed by atoms with van der Waals surface area (Å²) in [5.74, 6) is 0.391. The summed E-state index contributed by atoms with van der Waals surface area (Å²) in [5, 5.41) is 23.9. The zero-order chi connectivity index (χ0) is 17.6. The van der Waals surface area contributed by atoms with Gasteiger partial charge in [0, 0.05) is 50.4 Å². The van der Waals surface area contributed by atoms with Crippen molar-refractivity contribution in [2.45, 2.75) is 6.10 Å². The van der Waals surface area contributed by atoms with E-state index in [-0.39, 0.29) is 12.3 Å². The molecule has 1 aromatic carbocycles. The molecule has 8 nitrogen and oxygen atoms in total. The smallest absolute Gasteiger partial charge is 0.273 e. The minimum absolute atomic E-state index is 0.0229. The molecule has 1 aromatic heterocycles. The van der Waals surface area contributed by atoms with E-state index in [0.29, 0.717) is 12.3 Å². The number of β-amino-alcohol motifs (C(OH)–C–C–N with tert-alkyl or cyclic N) is 1. The number of rotatable bonds is 7. The van der Waals surface area contributed by atoms with Crippen LogP contribution in [0.5, 0.6) is 5.75 Å². The number of hydrogen-bond acceptors (Lipinski definition) is 8. The average Bonchev–Trinajstić information content (AvgIpc) is 3.15. The number of non-ortho nitro benzene ring substituents is 1. The van der Waals surface area contributed by atoms with Crippen molar-refractivity contribution in [2.24, 2.45) is 0 Å². The number of aromatic nitrogens is 1. The van der Waals surface area contributed by atoms with Crippen molar-refractivity contribution in [2.75, 3.05) is 44.2 Å². The number of nitro benzene ring substituents is 1. The zero-order valence-corrected chi connectivity index (χ0v) is 14.5. The number of benzene rings is 1. The first-order valence-corrected chi connectivity index (χ1v) is 8.92. The third-order valence-corrected chi connectivity index (χ3v) is 4.83. The number of nitrogens with zero attached hydrogens (tertiary/aromatic N) is 4. The lowest BCUT2D eigenvalue weighted by molar-refractivity contribution is -0.384. The highest BCUT2D eigenvalue weighted by Gasteiger charge is 2.21. The van der Waals surface area contributed by atoms with E-state index in [9.17, 15) is 15.2 Å². The van der Waals surface area contributed by atoms with Crippen LogP contribution >= 0.6 is 11.3 Å². The van der Waals surface area contributed by atoms with E-state index in [1.54, 1.807) is 29.7 Å². The van der Waals surface area contributed by atoms with Gasteiger partial charge in [-0.05, 0) is 6.07 Å². The molecule has 2 heterocycles. The van der Waals surface area contributed by atoms with Gasteiger partial charge in [0.1, 0.15) is 18.5 Å². The molecular formula is C16H20N4O4S. The third kappa shape index (κ3) is 4.88. The first-order valence-electron chi connectivity index (χ1n) is 8.04. The number of piperazine rings is 1. The maximum absolute atomic E-state index is 10.8. The molecule has 25 heavy (non-hydrogen) atoms. The van der Waals surface area contributed by atoms with E-state index in [0.717, 1.165) is 31.3 Å². The largest absolute Gasteiger partial charge is 0.491 e. The first kappa shape index (κ1) is 17.6. The molecule has 0 bridgehead atoms. The van der Waals surface area contributed by atoms with E-state index >= 15 is 0 Å². The molecule has 1 aliphatic heterocycles. The highest BCUT2D eigenvalue weighted by molar-refractivity contribution is 7.13. The van der Waals surface area contributed by atoms with Gasteiger partial charge in [0.25, 0.3) is 5.69 Å². The highest BCUT2D eigenvalue weighted by Crippen LogP contribution is 2.20. The topological polar surface area (TPSA) is 92.0 Å².